The molecule has 0 saturated carbocycles. The molecule has 0 aliphatic heterocycles. The molecular formula is C18H15N3O3S. The Morgan fingerprint density at radius 2 is 1.76 bits per heavy atom. The Kier molecular flexibility index (Phi) is 4.15. The molecule has 0 saturated heterocycles. The number of hydrogen-bond donors (Lipinski definition) is 0. The number of furan rings is 1. The highest BCUT2D eigenvalue weighted by molar-refractivity contribution is 7.98. The second kappa shape index (κ2) is 6.60. The van der Waals surface area contributed by atoms with Gasteiger partial charge in [-0.2, -0.15) is 0 Å². The van der Waals surface area contributed by atoms with Crippen molar-refractivity contribution in [2.75, 3.05) is 0 Å². The molecule has 0 atom stereocenters. The fraction of sp³-hybridized carbons (Fsp3) is 0.167. The predicted molar refractivity (Wildman–Crippen MR) is 93.0 cm³/mol. The molecule has 4 aromatic rings. The Bertz CT molecular complexity index is 988. The number of aromatic nitrogens is 3. The van der Waals surface area contributed by atoms with Crippen LogP contribution in [0.4, 0.5) is 0 Å². The molecular weight excluding hydrogens is 338 g/mol. The van der Waals surface area contributed by atoms with Crippen molar-refractivity contribution in [2.45, 2.75) is 24.8 Å². The van der Waals surface area contributed by atoms with Crippen molar-refractivity contribution in [3.8, 4) is 22.9 Å². The summed E-state index contributed by atoms with van der Waals surface area (Å²) in [5, 5.41) is 8.62. The summed E-state index contributed by atoms with van der Waals surface area (Å²) < 4.78 is 16.7. The first kappa shape index (κ1) is 15.7. The molecule has 0 amide bonds. The summed E-state index contributed by atoms with van der Waals surface area (Å²) in [4.78, 5) is 4.57. The molecule has 0 radical (unpaired) electrons. The van der Waals surface area contributed by atoms with Crippen LogP contribution >= 0.6 is 11.8 Å². The lowest BCUT2D eigenvalue weighted by Gasteiger charge is -1.93. The average molecular weight is 353 g/mol. The van der Waals surface area contributed by atoms with Crippen molar-refractivity contribution in [2.24, 2.45) is 0 Å². The van der Waals surface area contributed by atoms with Gasteiger partial charge in [0, 0.05) is 11.3 Å². The van der Waals surface area contributed by atoms with Gasteiger partial charge in [0.15, 0.2) is 0 Å². The number of nitrogens with zero attached hydrogens (tertiary/aromatic N) is 3. The van der Waals surface area contributed by atoms with Gasteiger partial charge >= 0.3 is 0 Å². The van der Waals surface area contributed by atoms with Crippen molar-refractivity contribution in [1.82, 2.24) is 15.2 Å². The van der Waals surface area contributed by atoms with Gasteiger partial charge < -0.3 is 13.3 Å². The highest BCUT2D eigenvalue weighted by Crippen LogP contribution is 2.29. The van der Waals surface area contributed by atoms with Crippen LogP contribution in [0.2, 0.25) is 0 Å². The highest BCUT2D eigenvalue weighted by Gasteiger charge is 2.16. The molecule has 3 heterocycles. The van der Waals surface area contributed by atoms with E-state index in [1.54, 1.807) is 6.26 Å². The Balaban J connectivity index is 1.48. The van der Waals surface area contributed by atoms with Crippen LogP contribution in [-0.4, -0.2) is 15.2 Å². The van der Waals surface area contributed by atoms with Gasteiger partial charge in [-0.15, -0.1) is 10.2 Å². The Hall–Kier alpha value is -2.80. The molecule has 4 rings (SSSR count). The number of aryl methyl sites for hydroxylation is 2. The summed E-state index contributed by atoms with van der Waals surface area (Å²) in [7, 11) is 0. The van der Waals surface area contributed by atoms with Crippen molar-refractivity contribution in [3.05, 3.63) is 59.9 Å². The Labute approximate surface area is 148 Å². The van der Waals surface area contributed by atoms with Crippen LogP contribution < -0.4 is 0 Å². The second-order valence-corrected chi connectivity index (χ2v) is 6.37. The van der Waals surface area contributed by atoms with Crippen LogP contribution in [0.15, 0.2) is 61.1 Å². The molecule has 126 valence electrons. The third-order valence-electron chi connectivity index (χ3n) is 3.74. The van der Waals surface area contributed by atoms with Crippen LogP contribution in [0.25, 0.3) is 22.9 Å². The maximum atomic E-state index is 5.77. The second-order valence-electron chi connectivity index (χ2n) is 5.44. The minimum atomic E-state index is 0.454. The lowest BCUT2D eigenvalue weighted by molar-refractivity contribution is 0.463. The third-order valence-corrected chi connectivity index (χ3v) is 4.57. The lowest BCUT2D eigenvalue weighted by Crippen LogP contribution is -1.84. The zero-order valence-electron chi connectivity index (χ0n) is 13.7. The van der Waals surface area contributed by atoms with Gasteiger partial charge in [-0.05, 0) is 32.0 Å². The maximum absolute atomic E-state index is 5.77. The highest BCUT2D eigenvalue weighted by atomic mass is 32.2. The van der Waals surface area contributed by atoms with Gasteiger partial charge in [0.1, 0.15) is 11.5 Å². The fourth-order valence-electron chi connectivity index (χ4n) is 2.38. The number of benzene rings is 1. The number of oxazole rings is 1. The molecule has 0 bridgehead atoms. The molecule has 7 heteroatoms. The molecule has 25 heavy (non-hydrogen) atoms. The van der Waals surface area contributed by atoms with E-state index in [9.17, 15) is 0 Å². The molecule has 0 unspecified atom stereocenters. The monoisotopic (exact) mass is 353 g/mol. The van der Waals surface area contributed by atoms with Crippen LogP contribution in [0.3, 0.4) is 0 Å². The normalized spacial score (nSPS) is 11.1. The molecule has 0 aliphatic rings. The van der Waals surface area contributed by atoms with Gasteiger partial charge in [0.2, 0.25) is 5.89 Å². The molecule has 6 nitrogen and oxygen atoms in total. The first-order valence-electron chi connectivity index (χ1n) is 7.73. The van der Waals surface area contributed by atoms with Crippen molar-refractivity contribution in [3.63, 3.8) is 0 Å². The smallest absolute Gasteiger partial charge is 0.277 e. The van der Waals surface area contributed by atoms with E-state index < -0.39 is 0 Å². The summed E-state index contributed by atoms with van der Waals surface area (Å²) in [5.41, 5.74) is 2.63. The lowest BCUT2D eigenvalue weighted by atomic mass is 10.2. The van der Waals surface area contributed by atoms with Crippen molar-refractivity contribution >= 4 is 11.8 Å². The first-order valence-corrected chi connectivity index (χ1v) is 8.72. The van der Waals surface area contributed by atoms with Crippen molar-refractivity contribution in [1.29, 1.82) is 0 Å². The zero-order valence-corrected chi connectivity index (χ0v) is 14.5. The molecule has 0 fully saturated rings. The third kappa shape index (κ3) is 3.23. The van der Waals surface area contributed by atoms with E-state index in [1.165, 1.54) is 11.8 Å². The molecule has 0 N–H and O–H groups in total. The quantitative estimate of drug-likeness (QED) is 0.472. The van der Waals surface area contributed by atoms with E-state index in [0.29, 0.717) is 22.8 Å². The van der Waals surface area contributed by atoms with Crippen molar-refractivity contribution < 1.29 is 13.3 Å². The molecule has 1 aromatic carbocycles. The largest absolute Gasteiger partial charge is 0.469 e. The van der Waals surface area contributed by atoms with Crippen LogP contribution in [-0.2, 0) is 5.75 Å². The van der Waals surface area contributed by atoms with E-state index in [1.807, 2.05) is 50.2 Å². The van der Waals surface area contributed by atoms with Gasteiger partial charge in [-0.25, -0.2) is 4.98 Å². The van der Waals surface area contributed by atoms with Crippen LogP contribution in [0.5, 0.6) is 0 Å². The predicted octanol–water partition coefficient (Wildman–Crippen LogP) is 4.89. The molecule has 0 aliphatic carbocycles. The van der Waals surface area contributed by atoms with E-state index >= 15 is 0 Å². The maximum Gasteiger partial charge on any atom is 0.277 e. The SMILES string of the molecule is Cc1occc1-c1nnc(SCc2nc(-c3ccccc3)oc2C)o1. The summed E-state index contributed by atoms with van der Waals surface area (Å²) in [6, 6.07) is 11.6. The summed E-state index contributed by atoms with van der Waals surface area (Å²) in [6.07, 6.45) is 1.60. The van der Waals surface area contributed by atoms with Gasteiger partial charge in [0.25, 0.3) is 11.1 Å². The van der Waals surface area contributed by atoms with Gasteiger partial charge in [-0.1, -0.05) is 30.0 Å². The van der Waals surface area contributed by atoms with E-state index in [0.717, 1.165) is 28.3 Å². The minimum Gasteiger partial charge on any atom is -0.469 e. The molecule has 3 aromatic heterocycles. The Morgan fingerprint density at radius 1 is 0.920 bits per heavy atom. The van der Waals surface area contributed by atoms with Crippen LogP contribution in [0.1, 0.15) is 17.2 Å². The summed E-state index contributed by atoms with van der Waals surface area (Å²) in [5.74, 6) is 3.20. The molecule has 0 spiro atoms. The summed E-state index contributed by atoms with van der Waals surface area (Å²) >= 11 is 1.43. The van der Waals surface area contributed by atoms with E-state index in [2.05, 4.69) is 15.2 Å². The average Bonchev–Trinajstić information content (AvgIpc) is 3.34. The number of hydrogen-bond acceptors (Lipinski definition) is 7. The first-order chi connectivity index (χ1) is 12.2. The standard InChI is InChI=1S/C18H15N3O3S/c1-11-14(8-9-22-11)17-20-21-18(24-17)25-10-15-12(2)23-16(19-15)13-6-4-3-5-7-13/h3-9H,10H2,1-2H3. The van der Waals surface area contributed by atoms with Gasteiger partial charge in [-0.3, -0.25) is 0 Å². The Morgan fingerprint density at radius 3 is 2.52 bits per heavy atom. The van der Waals surface area contributed by atoms with E-state index in [4.69, 9.17) is 13.3 Å². The zero-order chi connectivity index (χ0) is 17.2. The number of rotatable bonds is 5. The summed E-state index contributed by atoms with van der Waals surface area (Å²) in [6.45, 7) is 3.76. The number of thioether (sulfide) groups is 1. The fourth-order valence-corrected chi connectivity index (χ4v) is 3.14. The topological polar surface area (TPSA) is 78.1 Å². The van der Waals surface area contributed by atoms with E-state index in [-0.39, 0.29) is 0 Å². The minimum absolute atomic E-state index is 0.454. The van der Waals surface area contributed by atoms with Crippen LogP contribution in [0, 0.1) is 13.8 Å². The van der Waals surface area contributed by atoms with Gasteiger partial charge in [0.05, 0.1) is 17.5 Å².